The third kappa shape index (κ3) is 3.15. The Morgan fingerprint density at radius 3 is 2.88 bits per heavy atom. The molecule has 0 aromatic carbocycles. The molecule has 1 aliphatic heterocycles. The first-order valence-corrected chi connectivity index (χ1v) is 10.0. The van der Waals surface area contributed by atoms with E-state index in [-0.39, 0.29) is 11.8 Å². The average molecular weight is 363 g/mol. The van der Waals surface area contributed by atoms with E-state index in [0.717, 1.165) is 39.9 Å². The van der Waals surface area contributed by atoms with Crippen LogP contribution in [-0.4, -0.2) is 26.3 Å². The highest BCUT2D eigenvalue weighted by Gasteiger charge is 2.34. The number of ketones is 1. The number of allylic oxidation sites excluding steroid dienone is 2. The van der Waals surface area contributed by atoms with Crippen molar-refractivity contribution in [3.8, 4) is 0 Å². The zero-order chi connectivity index (χ0) is 17.3. The molecular weight excluding hydrogens is 340 g/mol. The van der Waals surface area contributed by atoms with Crippen LogP contribution in [0.1, 0.15) is 50.1 Å². The second kappa shape index (κ2) is 7.11. The number of anilines is 1. The molecule has 0 bridgehead atoms. The van der Waals surface area contributed by atoms with Gasteiger partial charge in [0, 0.05) is 21.9 Å². The number of aromatic nitrogens is 3. The number of carbonyl (C=O) groups is 1. The van der Waals surface area contributed by atoms with Crippen molar-refractivity contribution in [2.45, 2.75) is 51.7 Å². The number of aryl methyl sites for hydroxylation is 1. The van der Waals surface area contributed by atoms with Gasteiger partial charge in [-0.3, -0.25) is 4.79 Å². The SMILES string of the molecule is CCCCSc1nc2n(n1)C(c1sccc1C)C(C(C)=O)=C(C)N2. The summed E-state index contributed by atoms with van der Waals surface area (Å²) in [4.78, 5) is 18.1. The van der Waals surface area contributed by atoms with Crippen LogP contribution in [-0.2, 0) is 4.79 Å². The van der Waals surface area contributed by atoms with Crippen molar-refractivity contribution in [1.29, 1.82) is 0 Å². The number of nitrogens with zero attached hydrogens (tertiary/aromatic N) is 3. The summed E-state index contributed by atoms with van der Waals surface area (Å²) in [5, 5.41) is 10.8. The maximum absolute atomic E-state index is 12.3. The van der Waals surface area contributed by atoms with Crippen molar-refractivity contribution in [3.05, 3.63) is 33.2 Å². The van der Waals surface area contributed by atoms with Gasteiger partial charge in [-0.15, -0.1) is 16.4 Å². The Hall–Kier alpha value is -1.60. The summed E-state index contributed by atoms with van der Waals surface area (Å²) in [6.07, 6.45) is 2.30. The molecule has 0 radical (unpaired) electrons. The molecule has 1 unspecified atom stereocenters. The lowest BCUT2D eigenvalue weighted by Crippen LogP contribution is -2.27. The lowest BCUT2D eigenvalue weighted by molar-refractivity contribution is -0.114. The minimum atomic E-state index is -0.188. The van der Waals surface area contributed by atoms with E-state index in [1.54, 1.807) is 30.0 Å². The minimum absolute atomic E-state index is 0.0686. The van der Waals surface area contributed by atoms with E-state index in [1.165, 1.54) is 5.56 Å². The monoisotopic (exact) mass is 362 g/mol. The van der Waals surface area contributed by atoms with Crippen LogP contribution in [0.3, 0.4) is 0 Å². The number of thioether (sulfide) groups is 1. The number of hydrogen-bond acceptors (Lipinski definition) is 6. The predicted octanol–water partition coefficient (Wildman–Crippen LogP) is 4.42. The van der Waals surface area contributed by atoms with Crippen LogP contribution < -0.4 is 5.32 Å². The molecule has 1 atom stereocenters. The van der Waals surface area contributed by atoms with E-state index < -0.39 is 0 Å². The maximum atomic E-state index is 12.3. The number of hydrogen-bond donors (Lipinski definition) is 1. The molecule has 128 valence electrons. The topological polar surface area (TPSA) is 59.8 Å². The molecule has 0 spiro atoms. The molecule has 0 aliphatic carbocycles. The third-order valence-corrected chi connectivity index (χ3v) is 6.09. The fourth-order valence-electron chi connectivity index (χ4n) is 2.86. The smallest absolute Gasteiger partial charge is 0.227 e. The van der Waals surface area contributed by atoms with Crippen LogP contribution in [0, 0.1) is 6.92 Å². The Morgan fingerprint density at radius 2 is 2.25 bits per heavy atom. The Kier molecular flexibility index (Phi) is 5.10. The van der Waals surface area contributed by atoms with E-state index >= 15 is 0 Å². The molecule has 2 aromatic heterocycles. The summed E-state index contributed by atoms with van der Waals surface area (Å²) in [7, 11) is 0. The molecular formula is C17H22N4OS2. The van der Waals surface area contributed by atoms with E-state index in [9.17, 15) is 4.79 Å². The van der Waals surface area contributed by atoms with Crippen LogP contribution in [0.2, 0.25) is 0 Å². The van der Waals surface area contributed by atoms with Gasteiger partial charge in [-0.2, -0.15) is 4.98 Å². The lowest BCUT2D eigenvalue weighted by atomic mass is 9.97. The molecule has 0 amide bonds. The van der Waals surface area contributed by atoms with Gasteiger partial charge in [-0.25, -0.2) is 4.68 Å². The van der Waals surface area contributed by atoms with Gasteiger partial charge in [-0.05, 0) is 44.2 Å². The first-order valence-electron chi connectivity index (χ1n) is 8.15. The summed E-state index contributed by atoms with van der Waals surface area (Å²) in [5.74, 6) is 1.79. The summed E-state index contributed by atoms with van der Waals surface area (Å²) in [6, 6.07) is 1.90. The molecule has 1 aliphatic rings. The van der Waals surface area contributed by atoms with Crippen LogP contribution in [0.4, 0.5) is 5.95 Å². The lowest BCUT2D eigenvalue weighted by Gasteiger charge is -2.27. The van der Waals surface area contributed by atoms with Gasteiger partial charge < -0.3 is 5.32 Å². The average Bonchev–Trinajstić information content (AvgIpc) is 3.11. The summed E-state index contributed by atoms with van der Waals surface area (Å²) >= 11 is 3.33. The van der Waals surface area contributed by atoms with Gasteiger partial charge in [0.25, 0.3) is 0 Å². The van der Waals surface area contributed by atoms with Crippen LogP contribution in [0.5, 0.6) is 0 Å². The van der Waals surface area contributed by atoms with E-state index in [0.29, 0.717) is 5.95 Å². The molecule has 5 nitrogen and oxygen atoms in total. The van der Waals surface area contributed by atoms with E-state index in [1.807, 2.05) is 11.6 Å². The second-order valence-corrected chi connectivity index (χ2v) is 7.96. The zero-order valence-corrected chi connectivity index (χ0v) is 16.1. The summed E-state index contributed by atoms with van der Waals surface area (Å²) in [5.41, 5.74) is 2.81. The highest BCUT2D eigenvalue weighted by molar-refractivity contribution is 7.99. The molecule has 3 heterocycles. The van der Waals surface area contributed by atoms with Crippen LogP contribution >= 0.6 is 23.1 Å². The summed E-state index contributed by atoms with van der Waals surface area (Å²) in [6.45, 7) is 7.81. The number of fused-ring (bicyclic) bond motifs is 1. The van der Waals surface area contributed by atoms with Crippen molar-refractivity contribution in [2.24, 2.45) is 0 Å². The molecule has 24 heavy (non-hydrogen) atoms. The Morgan fingerprint density at radius 1 is 1.46 bits per heavy atom. The molecule has 3 rings (SSSR count). The van der Waals surface area contributed by atoms with Crippen LogP contribution in [0.25, 0.3) is 0 Å². The van der Waals surface area contributed by atoms with Gasteiger partial charge in [0.2, 0.25) is 11.1 Å². The van der Waals surface area contributed by atoms with Crippen LogP contribution in [0.15, 0.2) is 27.9 Å². The molecule has 1 N–H and O–H groups in total. The number of Topliss-reactive ketones (excluding diaryl/α,β-unsaturated/α-hetero) is 1. The quantitative estimate of drug-likeness (QED) is 0.609. The van der Waals surface area contributed by atoms with Gasteiger partial charge in [-0.1, -0.05) is 25.1 Å². The number of nitrogens with one attached hydrogen (secondary N) is 1. The van der Waals surface area contributed by atoms with E-state index in [4.69, 9.17) is 5.10 Å². The zero-order valence-electron chi connectivity index (χ0n) is 14.4. The first kappa shape index (κ1) is 17.2. The number of carbonyl (C=O) groups excluding carboxylic acids is 1. The first-order chi connectivity index (χ1) is 11.5. The number of rotatable bonds is 6. The molecule has 7 heteroatoms. The third-order valence-electron chi connectivity index (χ3n) is 4.09. The molecule has 0 saturated heterocycles. The Labute approximate surface area is 150 Å². The van der Waals surface area contributed by atoms with Gasteiger partial charge >= 0.3 is 0 Å². The minimum Gasteiger partial charge on any atom is -0.328 e. The van der Waals surface area contributed by atoms with Gasteiger partial charge in [0.1, 0.15) is 6.04 Å². The predicted molar refractivity (Wildman–Crippen MR) is 99.9 cm³/mol. The fourth-order valence-corrected chi connectivity index (χ4v) is 4.80. The van der Waals surface area contributed by atoms with Crippen molar-refractivity contribution in [2.75, 3.05) is 11.1 Å². The van der Waals surface area contributed by atoms with Crippen molar-refractivity contribution >= 4 is 34.8 Å². The molecule has 0 saturated carbocycles. The Bertz CT molecular complexity index is 790. The van der Waals surface area contributed by atoms with E-state index in [2.05, 4.69) is 35.6 Å². The maximum Gasteiger partial charge on any atom is 0.227 e. The normalized spacial score (nSPS) is 16.9. The second-order valence-electron chi connectivity index (χ2n) is 5.95. The highest BCUT2D eigenvalue weighted by atomic mass is 32.2. The standard InChI is InChI=1S/C17H22N4OS2/c1-5-6-8-24-17-19-16-18-11(3)13(12(4)22)14(21(16)20-17)15-10(2)7-9-23-15/h7,9,14H,5-6,8H2,1-4H3,(H,18,19,20). The van der Waals surface area contributed by atoms with Crippen molar-refractivity contribution < 1.29 is 4.79 Å². The van der Waals surface area contributed by atoms with Crippen molar-refractivity contribution in [3.63, 3.8) is 0 Å². The largest absolute Gasteiger partial charge is 0.328 e. The number of unbranched alkanes of at least 4 members (excludes halogenated alkanes) is 1. The van der Waals surface area contributed by atoms with Crippen molar-refractivity contribution in [1.82, 2.24) is 14.8 Å². The molecule has 2 aromatic rings. The number of thiophene rings is 1. The highest BCUT2D eigenvalue weighted by Crippen LogP contribution is 2.39. The summed E-state index contributed by atoms with van der Waals surface area (Å²) < 4.78 is 1.87. The van der Waals surface area contributed by atoms with Gasteiger partial charge in [0.05, 0.1) is 0 Å². The Balaban J connectivity index is 2.04. The fraction of sp³-hybridized carbons (Fsp3) is 0.471. The molecule has 0 fully saturated rings. The van der Waals surface area contributed by atoms with Gasteiger partial charge in [0.15, 0.2) is 5.78 Å².